The van der Waals surface area contributed by atoms with Crippen LogP contribution in [0, 0.1) is 11.3 Å². The molecular weight excluding hydrogens is 560 g/mol. The van der Waals surface area contributed by atoms with E-state index < -0.39 is 29.8 Å². The zero-order chi connectivity index (χ0) is 29.5. The average molecular weight is 594 g/mol. The first-order valence-electron chi connectivity index (χ1n) is 14.0. The number of carboxylic acid groups (broad SMARTS) is 1. The standard InChI is InChI=1S/C28H34ClF2N5O5/c1-3-36-24(25(30)31)19(32-33-36)15-41-21-9-8-18(29)16-10-13-35(20(23(16)21)14-34-12-5-7-22(34)37)26(38)17-6-4-11-28(17,2)27(39)40/h8-9,17,20,25H,3-7,10-15H2,1-2H3,(H,39,40)/t17?,20-,28?/m1/s1. The van der Waals surface area contributed by atoms with Crippen molar-refractivity contribution < 1.29 is 33.0 Å². The van der Waals surface area contributed by atoms with Crippen molar-refractivity contribution in [3.05, 3.63) is 39.7 Å². The molecule has 10 nitrogen and oxygen atoms in total. The van der Waals surface area contributed by atoms with Crippen LogP contribution in [-0.4, -0.2) is 67.3 Å². The largest absolute Gasteiger partial charge is 0.487 e. The van der Waals surface area contributed by atoms with Gasteiger partial charge in [0.25, 0.3) is 6.43 Å². The van der Waals surface area contributed by atoms with Gasteiger partial charge in [-0.15, -0.1) is 5.10 Å². The Hall–Kier alpha value is -3.28. The number of alkyl halides is 2. The first-order chi connectivity index (χ1) is 19.6. The molecule has 2 aliphatic heterocycles. The second kappa shape index (κ2) is 11.5. The molecule has 41 heavy (non-hydrogen) atoms. The number of nitrogens with zero attached hydrogens (tertiary/aromatic N) is 5. The van der Waals surface area contributed by atoms with Gasteiger partial charge in [0.05, 0.1) is 17.4 Å². The van der Waals surface area contributed by atoms with E-state index in [0.717, 1.165) is 10.2 Å². The number of fused-ring (bicyclic) bond motifs is 1. The molecule has 3 atom stereocenters. The molecule has 2 amide bonds. The fraction of sp³-hybridized carbons (Fsp3) is 0.607. The molecule has 5 rings (SSSR count). The topological polar surface area (TPSA) is 118 Å². The Labute approximate surface area is 241 Å². The summed E-state index contributed by atoms with van der Waals surface area (Å²) in [4.78, 5) is 42.4. The van der Waals surface area contributed by atoms with Crippen LogP contribution >= 0.6 is 11.6 Å². The second-order valence-corrected chi connectivity index (χ2v) is 11.6. The molecule has 2 aromatic rings. The van der Waals surface area contributed by atoms with Crippen LogP contribution in [0.25, 0.3) is 0 Å². The highest BCUT2D eigenvalue weighted by Gasteiger charge is 2.51. The van der Waals surface area contributed by atoms with E-state index in [2.05, 4.69) is 10.3 Å². The van der Waals surface area contributed by atoms with Gasteiger partial charge in [-0.05, 0) is 57.2 Å². The van der Waals surface area contributed by atoms with Crippen molar-refractivity contribution >= 4 is 29.4 Å². The third kappa shape index (κ3) is 5.26. The summed E-state index contributed by atoms with van der Waals surface area (Å²) in [6, 6.07) is 2.65. The highest BCUT2D eigenvalue weighted by molar-refractivity contribution is 6.31. The number of ether oxygens (including phenoxy) is 1. The summed E-state index contributed by atoms with van der Waals surface area (Å²) in [5, 5.41) is 18.2. The number of likely N-dealkylation sites (tertiary alicyclic amines) is 1. The lowest BCUT2D eigenvalue weighted by Gasteiger charge is -2.42. The van der Waals surface area contributed by atoms with Crippen molar-refractivity contribution in [1.29, 1.82) is 0 Å². The van der Waals surface area contributed by atoms with E-state index in [1.54, 1.807) is 35.8 Å². The Morgan fingerprint density at radius 1 is 1.24 bits per heavy atom. The van der Waals surface area contributed by atoms with Crippen LogP contribution in [0.3, 0.4) is 0 Å². The SMILES string of the molecule is CCn1nnc(COc2ccc(Cl)c3c2[C@@H](CN2CCCC2=O)N(C(=O)C2CCCC2(C)C(=O)O)CC3)c1C(F)F. The third-order valence-corrected chi connectivity index (χ3v) is 9.24. The summed E-state index contributed by atoms with van der Waals surface area (Å²) in [5.74, 6) is -1.66. The number of halogens is 3. The number of aliphatic carboxylic acids is 1. The highest BCUT2D eigenvalue weighted by atomic mass is 35.5. The zero-order valence-electron chi connectivity index (χ0n) is 23.1. The molecule has 3 heterocycles. The molecule has 1 saturated heterocycles. The molecule has 0 spiro atoms. The number of hydrogen-bond donors (Lipinski definition) is 1. The summed E-state index contributed by atoms with van der Waals surface area (Å²) in [6.45, 7) is 4.29. The third-order valence-electron chi connectivity index (χ3n) is 8.88. The number of aromatic nitrogens is 3. The van der Waals surface area contributed by atoms with Gasteiger partial charge in [-0.3, -0.25) is 14.4 Å². The fourth-order valence-corrected chi connectivity index (χ4v) is 6.82. The Balaban J connectivity index is 1.53. The molecule has 3 aliphatic rings. The Bertz CT molecular complexity index is 1350. The Morgan fingerprint density at radius 2 is 2.02 bits per heavy atom. The van der Waals surface area contributed by atoms with Gasteiger partial charge in [-0.25, -0.2) is 13.5 Å². The van der Waals surface area contributed by atoms with Crippen LogP contribution in [-0.2, 0) is 34.0 Å². The van der Waals surface area contributed by atoms with Crippen LogP contribution in [0.15, 0.2) is 12.1 Å². The van der Waals surface area contributed by atoms with Gasteiger partial charge < -0.3 is 19.6 Å². The van der Waals surface area contributed by atoms with Crippen LogP contribution in [0.5, 0.6) is 5.75 Å². The Kier molecular flexibility index (Phi) is 8.22. The monoisotopic (exact) mass is 593 g/mol. The Morgan fingerprint density at radius 3 is 2.68 bits per heavy atom. The van der Waals surface area contributed by atoms with E-state index in [4.69, 9.17) is 16.3 Å². The van der Waals surface area contributed by atoms with E-state index in [0.29, 0.717) is 68.0 Å². The van der Waals surface area contributed by atoms with Gasteiger partial charge in [0, 0.05) is 43.2 Å². The van der Waals surface area contributed by atoms with E-state index in [1.165, 1.54) is 0 Å². The lowest BCUT2D eigenvalue weighted by Crippen LogP contribution is -2.50. The maximum atomic E-state index is 14.1. The summed E-state index contributed by atoms with van der Waals surface area (Å²) in [5.41, 5.74) is -0.142. The number of rotatable bonds is 9. The molecular formula is C28H34ClF2N5O5. The molecule has 222 valence electrons. The number of carbonyl (C=O) groups is 3. The van der Waals surface area contributed by atoms with Crippen molar-refractivity contribution in [3.63, 3.8) is 0 Å². The molecule has 0 bridgehead atoms. The van der Waals surface area contributed by atoms with Crippen molar-refractivity contribution in [2.75, 3.05) is 19.6 Å². The molecule has 1 aromatic heterocycles. The highest BCUT2D eigenvalue weighted by Crippen LogP contribution is 2.47. The van der Waals surface area contributed by atoms with Crippen molar-refractivity contribution in [3.8, 4) is 5.75 Å². The first-order valence-corrected chi connectivity index (χ1v) is 14.4. The van der Waals surface area contributed by atoms with Gasteiger partial charge in [0.1, 0.15) is 23.7 Å². The minimum absolute atomic E-state index is 0.00347. The van der Waals surface area contributed by atoms with Gasteiger partial charge in [-0.1, -0.05) is 23.2 Å². The maximum Gasteiger partial charge on any atom is 0.310 e. The van der Waals surface area contributed by atoms with E-state index in [1.807, 2.05) is 0 Å². The quantitative estimate of drug-likeness (QED) is 0.458. The lowest BCUT2D eigenvalue weighted by molar-refractivity contribution is -0.157. The van der Waals surface area contributed by atoms with Gasteiger partial charge >= 0.3 is 5.97 Å². The maximum absolute atomic E-state index is 14.1. The number of aryl methyl sites for hydroxylation is 1. The van der Waals surface area contributed by atoms with Crippen LogP contribution in [0.1, 0.15) is 80.9 Å². The van der Waals surface area contributed by atoms with E-state index >= 15 is 0 Å². The molecule has 13 heteroatoms. The number of amides is 2. The van der Waals surface area contributed by atoms with Gasteiger partial charge in [0.2, 0.25) is 11.8 Å². The smallest absolute Gasteiger partial charge is 0.310 e. The van der Waals surface area contributed by atoms with Gasteiger partial charge in [0.15, 0.2) is 0 Å². The summed E-state index contributed by atoms with van der Waals surface area (Å²) < 4.78 is 34.8. The van der Waals surface area contributed by atoms with Crippen molar-refractivity contribution in [1.82, 2.24) is 24.8 Å². The molecule has 1 saturated carbocycles. The molecule has 1 aromatic carbocycles. The van der Waals surface area contributed by atoms with E-state index in [-0.39, 0.29) is 42.9 Å². The predicted octanol–water partition coefficient (Wildman–Crippen LogP) is 4.41. The number of carboxylic acids is 1. The molecule has 1 aliphatic carbocycles. The average Bonchev–Trinajstić information content (AvgIpc) is 3.66. The van der Waals surface area contributed by atoms with Crippen molar-refractivity contribution in [2.45, 2.75) is 78.0 Å². The molecule has 1 N–H and O–H groups in total. The lowest BCUT2D eigenvalue weighted by atomic mass is 9.78. The first kappa shape index (κ1) is 29.2. The zero-order valence-corrected chi connectivity index (χ0v) is 23.9. The summed E-state index contributed by atoms with van der Waals surface area (Å²) in [6.07, 6.45) is 0.215. The molecule has 2 unspecified atom stereocenters. The minimum atomic E-state index is -2.79. The van der Waals surface area contributed by atoms with Gasteiger partial charge in [-0.2, -0.15) is 0 Å². The van der Waals surface area contributed by atoms with Crippen LogP contribution in [0.4, 0.5) is 8.78 Å². The fourth-order valence-electron chi connectivity index (χ4n) is 6.56. The van der Waals surface area contributed by atoms with Crippen LogP contribution in [0.2, 0.25) is 5.02 Å². The van der Waals surface area contributed by atoms with Crippen LogP contribution < -0.4 is 4.74 Å². The molecule has 0 radical (unpaired) electrons. The predicted molar refractivity (Wildman–Crippen MR) is 143 cm³/mol. The number of carbonyl (C=O) groups excluding carboxylic acids is 2. The normalized spacial score (nSPS) is 24.3. The summed E-state index contributed by atoms with van der Waals surface area (Å²) in [7, 11) is 0. The van der Waals surface area contributed by atoms with E-state index in [9.17, 15) is 28.3 Å². The number of benzene rings is 1. The summed E-state index contributed by atoms with van der Waals surface area (Å²) >= 11 is 6.63. The molecule has 2 fully saturated rings. The minimum Gasteiger partial charge on any atom is -0.487 e. The number of hydrogen-bond acceptors (Lipinski definition) is 6. The second-order valence-electron chi connectivity index (χ2n) is 11.2. The van der Waals surface area contributed by atoms with Crippen molar-refractivity contribution in [2.24, 2.45) is 11.3 Å².